The predicted molar refractivity (Wildman–Crippen MR) is 108 cm³/mol. The fraction of sp³-hybridized carbons (Fsp3) is 0.0476. The zero-order valence-corrected chi connectivity index (χ0v) is 15.1. The fourth-order valence-corrected chi connectivity index (χ4v) is 3.02. The number of H-pyrrole nitrogens is 2. The Morgan fingerprint density at radius 3 is 2.64 bits per heavy atom. The Hall–Kier alpha value is -4.00. The molecule has 0 spiro atoms. The third kappa shape index (κ3) is 3.45. The zero-order valence-electron chi connectivity index (χ0n) is 15.1. The normalized spacial score (nSPS) is 11.2. The van der Waals surface area contributed by atoms with E-state index in [0.29, 0.717) is 5.69 Å². The summed E-state index contributed by atoms with van der Waals surface area (Å²) in [5, 5.41) is 5.06. The van der Waals surface area contributed by atoms with E-state index in [-0.39, 0.29) is 5.69 Å². The number of rotatable bonds is 4. The third-order valence-electron chi connectivity index (χ3n) is 4.36. The molecule has 1 amide bonds. The number of hydrogen-bond donors (Lipinski definition) is 3. The molecule has 2 heterocycles. The van der Waals surface area contributed by atoms with E-state index in [4.69, 9.17) is 0 Å². The van der Waals surface area contributed by atoms with Crippen LogP contribution in [0.5, 0.6) is 0 Å². The van der Waals surface area contributed by atoms with E-state index in [0.717, 1.165) is 27.7 Å². The van der Waals surface area contributed by atoms with Gasteiger partial charge in [0.2, 0.25) is 0 Å². The van der Waals surface area contributed by atoms with Crippen LogP contribution in [0.3, 0.4) is 0 Å². The van der Waals surface area contributed by atoms with E-state index in [2.05, 4.69) is 25.5 Å². The average Bonchev–Trinajstić information content (AvgIpc) is 3.03. The lowest BCUT2D eigenvalue weighted by Crippen LogP contribution is -2.24. The molecule has 0 saturated heterocycles. The van der Waals surface area contributed by atoms with Crippen molar-refractivity contribution < 1.29 is 4.79 Å². The van der Waals surface area contributed by atoms with Crippen LogP contribution in [-0.4, -0.2) is 27.1 Å². The van der Waals surface area contributed by atoms with Gasteiger partial charge in [-0.1, -0.05) is 48.5 Å². The number of benzene rings is 2. The summed E-state index contributed by atoms with van der Waals surface area (Å²) in [5.41, 5.74) is 5.96. The number of fused-ring (bicyclic) bond motifs is 1. The number of aromatic amines is 2. The van der Waals surface area contributed by atoms with Crippen molar-refractivity contribution in [3.8, 4) is 11.3 Å². The minimum Gasteiger partial charge on any atom is -0.358 e. The van der Waals surface area contributed by atoms with Crippen LogP contribution < -0.4 is 11.1 Å². The number of carbonyl (C=O) groups excluding carboxylic acids is 1. The van der Waals surface area contributed by atoms with E-state index < -0.39 is 11.6 Å². The summed E-state index contributed by atoms with van der Waals surface area (Å²) in [6.45, 7) is 1.94. The van der Waals surface area contributed by atoms with Gasteiger partial charge in [-0.05, 0) is 19.1 Å². The third-order valence-corrected chi connectivity index (χ3v) is 4.36. The highest BCUT2D eigenvalue weighted by Crippen LogP contribution is 2.20. The highest BCUT2D eigenvalue weighted by Gasteiger charge is 2.10. The molecular weight excluding hydrogens is 354 g/mol. The number of amides is 1. The minimum atomic E-state index is -0.594. The van der Waals surface area contributed by atoms with Crippen molar-refractivity contribution in [2.24, 2.45) is 5.10 Å². The minimum absolute atomic E-state index is 0.0895. The van der Waals surface area contributed by atoms with Crippen molar-refractivity contribution in [2.75, 3.05) is 0 Å². The number of para-hydroxylation sites is 1. The summed E-state index contributed by atoms with van der Waals surface area (Å²) in [6, 6.07) is 18.6. The summed E-state index contributed by atoms with van der Waals surface area (Å²) < 4.78 is 0. The summed E-state index contributed by atoms with van der Waals surface area (Å²) >= 11 is 0. The van der Waals surface area contributed by atoms with Gasteiger partial charge in [0.05, 0.1) is 11.9 Å². The molecule has 7 heteroatoms. The van der Waals surface area contributed by atoms with Crippen molar-refractivity contribution in [3.05, 3.63) is 88.1 Å². The van der Waals surface area contributed by atoms with Crippen molar-refractivity contribution in [3.63, 3.8) is 0 Å². The summed E-state index contributed by atoms with van der Waals surface area (Å²) in [6.07, 6.45) is 1.59. The van der Waals surface area contributed by atoms with E-state index in [1.165, 1.54) is 6.07 Å². The number of aromatic nitrogens is 3. The quantitative estimate of drug-likeness (QED) is 0.379. The smallest absolute Gasteiger partial charge is 0.346 e. The van der Waals surface area contributed by atoms with Crippen LogP contribution in [0, 0.1) is 6.92 Å². The molecule has 4 aromatic rings. The van der Waals surface area contributed by atoms with Crippen molar-refractivity contribution in [2.45, 2.75) is 6.92 Å². The first kappa shape index (κ1) is 17.4. The molecule has 2 aromatic carbocycles. The van der Waals surface area contributed by atoms with Crippen LogP contribution in [0.25, 0.3) is 22.2 Å². The van der Waals surface area contributed by atoms with Crippen LogP contribution in [0.4, 0.5) is 0 Å². The molecule has 0 aliphatic carbocycles. The Balaban J connectivity index is 1.57. The molecule has 0 radical (unpaired) electrons. The van der Waals surface area contributed by atoms with E-state index in [1.807, 2.05) is 61.5 Å². The van der Waals surface area contributed by atoms with Gasteiger partial charge >= 0.3 is 5.69 Å². The molecule has 28 heavy (non-hydrogen) atoms. The second-order valence-electron chi connectivity index (χ2n) is 6.26. The summed E-state index contributed by atoms with van der Waals surface area (Å²) in [5.74, 6) is -0.523. The highest BCUT2D eigenvalue weighted by atomic mass is 16.2. The van der Waals surface area contributed by atoms with Crippen molar-refractivity contribution in [1.82, 2.24) is 20.4 Å². The lowest BCUT2D eigenvalue weighted by atomic mass is 10.1. The molecule has 0 aliphatic heterocycles. The summed E-state index contributed by atoms with van der Waals surface area (Å²) in [4.78, 5) is 33.9. The van der Waals surface area contributed by atoms with Gasteiger partial charge in [0.15, 0.2) is 0 Å². The van der Waals surface area contributed by atoms with Gasteiger partial charge in [-0.15, -0.1) is 0 Å². The van der Waals surface area contributed by atoms with Gasteiger partial charge in [0.25, 0.3) is 5.91 Å². The van der Waals surface area contributed by atoms with Crippen LogP contribution in [0.15, 0.2) is 70.6 Å². The fourth-order valence-electron chi connectivity index (χ4n) is 3.02. The van der Waals surface area contributed by atoms with E-state index in [1.54, 1.807) is 6.21 Å². The molecule has 0 bridgehead atoms. The number of hydrazone groups is 1. The topological polar surface area (TPSA) is 103 Å². The Kier molecular flexibility index (Phi) is 4.55. The SMILES string of the molecule is Cc1[nH]c2ccccc2c1/C=N/NC(=O)c1cc(-c2ccccc2)nc(=O)[nH]1. The monoisotopic (exact) mass is 371 g/mol. The molecule has 3 N–H and O–H groups in total. The molecule has 138 valence electrons. The maximum absolute atomic E-state index is 12.4. The first-order valence-corrected chi connectivity index (χ1v) is 8.69. The van der Waals surface area contributed by atoms with Crippen LogP contribution >= 0.6 is 0 Å². The Morgan fingerprint density at radius 1 is 1.07 bits per heavy atom. The second-order valence-corrected chi connectivity index (χ2v) is 6.26. The molecule has 7 nitrogen and oxygen atoms in total. The number of carbonyl (C=O) groups is 1. The van der Waals surface area contributed by atoms with Gasteiger partial charge in [-0.2, -0.15) is 10.1 Å². The van der Waals surface area contributed by atoms with E-state index in [9.17, 15) is 9.59 Å². The Bertz CT molecular complexity index is 1240. The molecule has 0 fully saturated rings. The van der Waals surface area contributed by atoms with Gasteiger partial charge in [-0.25, -0.2) is 10.2 Å². The average molecular weight is 371 g/mol. The molecule has 0 atom stereocenters. The lowest BCUT2D eigenvalue weighted by Gasteiger charge is -2.03. The molecule has 0 saturated carbocycles. The highest BCUT2D eigenvalue weighted by molar-refractivity contribution is 6.01. The maximum Gasteiger partial charge on any atom is 0.346 e. The van der Waals surface area contributed by atoms with Crippen molar-refractivity contribution >= 4 is 23.0 Å². The van der Waals surface area contributed by atoms with Gasteiger partial charge in [-0.3, -0.25) is 4.79 Å². The number of hydrogen-bond acceptors (Lipinski definition) is 4. The maximum atomic E-state index is 12.4. The van der Waals surface area contributed by atoms with E-state index >= 15 is 0 Å². The van der Waals surface area contributed by atoms with Crippen LogP contribution in [-0.2, 0) is 0 Å². The largest absolute Gasteiger partial charge is 0.358 e. The predicted octanol–water partition coefficient (Wildman–Crippen LogP) is 2.99. The molecule has 2 aromatic heterocycles. The standard InChI is InChI=1S/C21H17N5O2/c1-13-16(15-9-5-6-10-17(15)23-13)12-22-26-20(27)19-11-18(24-21(28)25-19)14-7-3-2-4-8-14/h2-12,23H,1H3,(H,26,27)(H,24,25,28)/b22-12+. The molecule has 0 unspecified atom stereocenters. The van der Waals surface area contributed by atoms with Gasteiger partial charge in [0.1, 0.15) is 5.69 Å². The summed E-state index contributed by atoms with van der Waals surface area (Å²) in [7, 11) is 0. The van der Waals surface area contributed by atoms with Crippen LogP contribution in [0.1, 0.15) is 21.7 Å². The van der Waals surface area contributed by atoms with Gasteiger partial charge < -0.3 is 9.97 Å². The van der Waals surface area contributed by atoms with Gasteiger partial charge in [0, 0.05) is 27.7 Å². The number of nitrogens with one attached hydrogen (secondary N) is 3. The second kappa shape index (κ2) is 7.32. The zero-order chi connectivity index (χ0) is 19.5. The first-order chi connectivity index (χ1) is 13.6. The molecule has 0 aliphatic rings. The molecule has 4 rings (SSSR count). The first-order valence-electron chi connectivity index (χ1n) is 8.69. The van der Waals surface area contributed by atoms with Crippen molar-refractivity contribution in [1.29, 1.82) is 0 Å². The Labute approximate surface area is 160 Å². The number of aryl methyl sites for hydroxylation is 1. The Morgan fingerprint density at radius 2 is 1.82 bits per heavy atom. The number of nitrogens with zero attached hydrogens (tertiary/aromatic N) is 2. The lowest BCUT2D eigenvalue weighted by molar-refractivity contribution is 0.0949. The molecular formula is C21H17N5O2. The van der Waals surface area contributed by atoms with Crippen LogP contribution in [0.2, 0.25) is 0 Å².